The third kappa shape index (κ3) is 2.72. The zero-order valence-electron chi connectivity index (χ0n) is 12.1. The van der Waals surface area contributed by atoms with Crippen molar-refractivity contribution in [2.45, 2.75) is 25.8 Å². The molecule has 0 unspecified atom stereocenters. The van der Waals surface area contributed by atoms with E-state index in [2.05, 4.69) is 10.4 Å². The molecule has 2 aromatic heterocycles. The van der Waals surface area contributed by atoms with E-state index in [-0.39, 0.29) is 5.69 Å². The first-order chi connectivity index (χ1) is 11.0. The van der Waals surface area contributed by atoms with E-state index in [1.165, 1.54) is 24.5 Å². The molecular weight excluding hydrogens is 328 g/mol. The Hall–Kier alpha value is -2.29. The maximum absolute atomic E-state index is 12.8. The number of methoxy groups -OCH3 is 1. The fourth-order valence-electron chi connectivity index (χ4n) is 2.63. The van der Waals surface area contributed by atoms with Crippen molar-refractivity contribution < 1.29 is 23.1 Å². The van der Waals surface area contributed by atoms with Gasteiger partial charge in [0, 0.05) is 11.1 Å². The summed E-state index contributed by atoms with van der Waals surface area (Å²) in [5.41, 5.74) is 0.922. The number of esters is 1. The van der Waals surface area contributed by atoms with E-state index in [0.29, 0.717) is 15.2 Å². The largest absolute Gasteiger partial charge is 0.465 e. The first kappa shape index (κ1) is 15.6. The van der Waals surface area contributed by atoms with E-state index >= 15 is 0 Å². The van der Waals surface area contributed by atoms with Crippen LogP contribution in [0.25, 0.3) is 0 Å². The quantitative estimate of drug-likeness (QED) is 0.868. The minimum atomic E-state index is -2.92. The van der Waals surface area contributed by atoms with Gasteiger partial charge in [0.25, 0.3) is 5.91 Å². The average Bonchev–Trinajstić information content (AvgIpc) is 3.20. The number of alkyl halides is 2. The minimum Gasteiger partial charge on any atom is -0.465 e. The Bertz CT molecular complexity index is 769. The molecule has 3 rings (SSSR count). The molecule has 6 nitrogen and oxygen atoms in total. The molecule has 1 aliphatic rings. The van der Waals surface area contributed by atoms with Crippen LogP contribution in [0, 0.1) is 0 Å². The van der Waals surface area contributed by atoms with Crippen LogP contribution in [-0.2, 0) is 17.6 Å². The Morgan fingerprint density at radius 3 is 2.91 bits per heavy atom. The Morgan fingerprint density at radius 2 is 2.22 bits per heavy atom. The second-order valence-corrected chi connectivity index (χ2v) is 6.05. The molecule has 0 radical (unpaired) electrons. The van der Waals surface area contributed by atoms with Crippen LogP contribution in [0.5, 0.6) is 0 Å². The molecular formula is C14H13F2N3O3S. The van der Waals surface area contributed by atoms with E-state index in [0.717, 1.165) is 35.9 Å². The van der Waals surface area contributed by atoms with Gasteiger partial charge in [0.1, 0.15) is 10.7 Å². The third-order valence-electron chi connectivity index (χ3n) is 3.63. The van der Waals surface area contributed by atoms with E-state index in [1.54, 1.807) is 0 Å². The van der Waals surface area contributed by atoms with Gasteiger partial charge in [-0.2, -0.15) is 18.6 Å². The number of hydrogen-bond donors (Lipinski definition) is 1. The summed E-state index contributed by atoms with van der Waals surface area (Å²) in [7, 11) is 1.26. The fraction of sp³-hybridized carbons (Fsp3) is 0.357. The third-order valence-corrected chi connectivity index (χ3v) is 4.83. The highest BCUT2D eigenvalue weighted by Crippen LogP contribution is 2.39. The molecule has 0 fully saturated rings. The van der Waals surface area contributed by atoms with Crippen LogP contribution in [0.4, 0.5) is 13.8 Å². The van der Waals surface area contributed by atoms with Crippen LogP contribution in [0.2, 0.25) is 0 Å². The van der Waals surface area contributed by atoms with Crippen molar-refractivity contribution in [3.05, 3.63) is 34.0 Å². The number of ether oxygens (including phenoxy) is 1. The number of nitrogens with one attached hydrogen (secondary N) is 1. The van der Waals surface area contributed by atoms with Crippen molar-refractivity contribution in [1.82, 2.24) is 9.78 Å². The highest BCUT2D eigenvalue weighted by atomic mass is 32.1. The van der Waals surface area contributed by atoms with E-state index in [4.69, 9.17) is 4.74 Å². The van der Waals surface area contributed by atoms with Crippen molar-refractivity contribution in [1.29, 1.82) is 0 Å². The standard InChI is InChI=1S/C14H13F2N3O3S/c1-22-13(21)10-7-3-2-4-9(7)23-12(10)18-11(20)8-5-6-17-19(8)14(15)16/h5-6,14H,2-4H2,1H3,(H,18,20). The molecule has 1 N–H and O–H groups in total. The predicted octanol–water partition coefficient (Wildman–Crippen LogP) is 2.87. The number of aryl methyl sites for hydroxylation is 1. The summed E-state index contributed by atoms with van der Waals surface area (Å²) in [5, 5.41) is 6.28. The highest BCUT2D eigenvalue weighted by Gasteiger charge is 2.29. The van der Waals surface area contributed by atoms with E-state index in [1.807, 2.05) is 0 Å². The summed E-state index contributed by atoms with van der Waals surface area (Å²) in [5.74, 6) is -1.28. The molecule has 0 saturated heterocycles. The number of aromatic nitrogens is 2. The van der Waals surface area contributed by atoms with Crippen LogP contribution in [0.15, 0.2) is 12.3 Å². The summed E-state index contributed by atoms with van der Waals surface area (Å²) in [4.78, 5) is 25.3. The lowest BCUT2D eigenvalue weighted by Gasteiger charge is -2.08. The maximum Gasteiger partial charge on any atom is 0.341 e. The molecule has 2 aromatic rings. The Morgan fingerprint density at radius 1 is 1.43 bits per heavy atom. The summed E-state index contributed by atoms with van der Waals surface area (Å²) >= 11 is 1.28. The summed E-state index contributed by atoms with van der Waals surface area (Å²) in [6.07, 6.45) is 3.63. The summed E-state index contributed by atoms with van der Waals surface area (Å²) in [6, 6.07) is 1.20. The number of amides is 1. The van der Waals surface area contributed by atoms with Gasteiger partial charge in [-0.3, -0.25) is 4.79 Å². The van der Waals surface area contributed by atoms with Crippen LogP contribution >= 0.6 is 11.3 Å². The van der Waals surface area contributed by atoms with Gasteiger partial charge in [-0.05, 0) is 30.9 Å². The monoisotopic (exact) mass is 341 g/mol. The fourth-order valence-corrected chi connectivity index (χ4v) is 3.90. The molecule has 0 spiro atoms. The SMILES string of the molecule is COC(=O)c1c(NC(=O)c2ccnn2C(F)F)sc2c1CCC2. The number of carbonyl (C=O) groups is 2. The van der Waals surface area contributed by atoms with Gasteiger partial charge in [0.05, 0.1) is 12.7 Å². The number of carbonyl (C=O) groups excluding carboxylic acids is 2. The minimum absolute atomic E-state index is 0.274. The van der Waals surface area contributed by atoms with Crippen molar-refractivity contribution in [2.75, 3.05) is 12.4 Å². The molecule has 0 saturated carbocycles. The number of nitrogens with zero attached hydrogens (tertiary/aromatic N) is 2. The number of halogens is 2. The van der Waals surface area contributed by atoms with Crippen molar-refractivity contribution in [3.8, 4) is 0 Å². The van der Waals surface area contributed by atoms with Crippen molar-refractivity contribution in [3.63, 3.8) is 0 Å². The Kier molecular flexibility index (Phi) is 4.12. The van der Waals surface area contributed by atoms with Crippen LogP contribution in [0.1, 0.15) is 44.3 Å². The molecule has 23 heavy (non-hydrogen) atoms. The number of hydrogen-bond acceptors (Lipinski definition) is 5. The second-order valence-electron chi connectivity index (χ2n) is 4.95. The topological polar surface area (TPSA) is 73.2 Å². The zero-order chi connectivity index (χ0) is 16.6. The van der Waals surface area contributed by atoms with E-state index in [9.17, 15) is 18.4 Å². The molecule has 0 atom stereocenters. The molecule has 1 amide bonds. The van der Waals surface area contributed by atoms with Gasteiger partial charge >= 0.3 is 12.5 Å². The zero-order valence-corrected chi connectivity index (χ0v) is 13.0. The van der Waals surface area contributed by atoms with Crippen LogP contribution in [0.3, 0.4) is 0 Å². The lowest BCUT2D eigenvalue weighted by atomic mass is 10.1. The first-order valence-corrected chi connectivity index (χ1v) is 7.70. The molecule has 0 aromatic carbocycles. The number of rotatable bonds is 4. The van der Waals surface area contributed by atoms with Crippen molar-refractivity contribution in [2.24, 2.45) is 0 Å². The Labute approximate surface area is 134 Å². The maximum atomic E-state index is 12.8. The lowest BCUT2D eigenvalue weighted by molar-refractivity contribution is 0.0520. The molecule has 1 aliphatic carbocycles. The second kappa shape index (κ2) is 6.07. The van der Waals surface area contributed by atoms with Crippen LogP contribution in [-0.4, -0.2) is 28.8 Å². The average molecular weight is 341 g/mol. The number of fused-ring (bicyclic) bond motifs is 1. The van der Waals surface area contributed by atoms with Gasteiger partial charge in [-0.15, -0.1) is 11.3 Å². The van der Waals surface area contributed by atoms with E-state index < -0.39 is 18.4 Å². The molecule has 9 heteroatoms. The predicted molar refractivity (Wildman–Crippen MR) is 79.1 cm³/mol. The molecule has 0 bridgehead atoms. The van der Waals surface area contributed by atoms with Gasteiger partial charge in [-0.25, -0.2) is 4.79 Å². The van der Waals surface area contributed by atoms with Crippen molar-refractivity contribution >= 4 is 28.2 Å². The lowest BCUT2D eigenvalue weighted by Crippen LogP contribution is -2.19. The number of thiophene rings is 1. The molecule has 0 aliphatic heterocycles. The normalized spacial score (nSPS) is 13.2. The first-order valence-electron chi connectivity index (χ1n) is 6.88. The van der Waals surface area contributed by atoms with Gasteiger partial charge in [0.15, 0.2) is 0 Å². The summed E-state index contributed by atoms with van der Waals surface area (Å²) < 4.78 is 30.7. The highest BCUT2D eigenvalue weighted by molar-refractivity contribution is 7.17. The van der Waals surface area contributed by atoms with Gasteiger partial charge in [-0.1, -0.05) is 0 Å². The Balaban J connectivity index is 1.93. The smallest absolute Gasteiger partial charge is 0.341 e. The van der Waals surface area contributed by atoms with Crippen LogP contribution < -0.4 is 5.32 Å². The van der Waals surface area contributed by atoms with Gasteiger partial charge in [0.2, 0.25) is 0 Å². The summed E-state index contributed by atoms with van der Waals surface area (Å²) in [6.45, 7) is -2.92. The van der Waals surface area contributed by atoms with Gasteiger partial charge < -0.3 is 10.1 Å². The molecule has 2 heterocycles. The number of anilines is 1. The molecule has 122 valence electrons.